The second-order valence-electron chi connectivity index (χ2n) is 5.32. The van der Waals surface area contributed by atoms with Gasteiger partial charge < -0.3 is 5.73 Å². The zero-order chi connectivity index (χ0) is 12.1. The van der Waals surface area contributed by atoms with Gasteiger partial charge in [0.15, 0.2) is 0 Å². The van der Waals surface area contributed by atoms with Crippen LogP contribution in [0.1, 0.15) is 37.7 Å². The SMILES string of the molecule is NCC(Cc1cccc(F)c1)CC1CCCC1. The lowest BCUT2D eigenvalue weighted by Crippen LogP contribution is -2.19. The lowest BCUT2D eigenvalue weighted by molar-refractivity contribution is 0.379. The summed E-state index contributed by atoms with van der Waals surface area (Å²) in [6, 6.07) is 6.92. The summed E-state index contributed by atoms with van der Waals surface area (Å²) in [5.74, 6) is 1.23. The van der Waals surface area contributed by atoms with Crippen LogP contribution in [-0.2, 0) is 6.42 Å². The molecule has 2 heteroatoms. The maximum Gasteiger partial charge on any atom is 0.123 e. The van der Waals surface area contributed by atoms with Crippen molar-refractivity contribution in [3.05, 3.63) is 35.6 Å². The minimum Gasteiger partial charge on any atom is -0.330 e. The van der Waals surface area contributed by atoms with Crippen molar-refractivity contribution in [1.29, 1.82) is 0 Å². The Balaban J connectivity index is 1.90. The number of benzene rings is 1. The predicted molar refractivity (Wildman–Crippen MR) is 69.2 cm³/mol. The van der Waals surface area contributed by atoms with E-state index in [1.807, 2.05) is 6.07 Å². The molecule has 0 bridgehead atoms. The molecule has 1 aliphatic carbocycles. The van der Waals surface area contributed by atoms with E-state index >= 15 is 0 Å². The summed E-state index contributed by atoms with van der Waals surface area (Å²) < 4.78 is 13.1. The predicted octanol–water partition coefficient (Wildman–Crippen LogP) is 3.52. The molecule has 1 atom stereocenters. The van der Waals surface area contributed by atoms with Crippen molar-refractivity contribution >= 4 is 0 Å². The second kappa shape index (κ2) is 6.15. The summed E-state index contributed by atoms with van der Waals surface area (Å²) in [4.78, 5) is 0. The van der Waals surface area contributed by atoms with Crippen LogP contribution >= 0.6 is 0 Å². The van der Waals surface area contributed by atoms with Gasteiger partial charge in [-0.1, -0.05) is 37.8 Å². The smallest absolute Gasteiger partial charge is 0.123 e. The van der Waals surface area contributed by atoms with Crippen molar-refractivity contribution in [2.24, 2.45) is 17.6 Å². The molecule has 1 aliphatic rings. The van der Waals surface area contributed by atoms with E-state index in [0.29, 0.717) is 12.5 Å². The molecule has 94 valence electrons. The minimum absolute atomic E-state index is 0.140. The van der Waals surface area contributed by atoms with Crippen LogP contribution in [0.4, 0.5) is 4.39 Å². The first kappa shape index (κ1) is 12.6. The largest absolute Gasteiger partial charge is 0.330 e. The molecule has 0 saturated heterocycles. The Hall–Kier alpha value is -0.890. The van der Waals surface area contributed by atoms with Gasteiger partial charge in [0.2, 0.25) is 0 Å². The molecule has 17 heavy (non-hydrogen) atoms. The number of hydrogen-bond acceptors (Lipinski definition) is 1. The van der Waals surface area contributed by atoms with Crippen LogP contribution < -0.4 is 5.73 Å². The molecule has 0 aromatic heterocycles. The highest BCUT2D eigenvalue weighted by Gasteiger charge is 2.19. The van der Waals surface area contributed by atoms with Crippen molar-refractivity contribution in [2.45, 2.75) is 38.5 Å². The van der Waals surface area contributed by atoms with E-state index in [0.717, 1.165) is 17.9 Å². The van der Waals surface area contributed by atoms with Crippen LogP contribution in [0.15, 0.2) is 24.3 Å². The molecule has 1 aromatic carbocycles. The molecular formula is C15H22FN. The summed E-state index contributed by atoms with van der Waals surface area (Å²) in [6.07, 6.45) is 7.61. The van der Waals surface area contributed by atoms with Crippen LogP contribution in [0, 0.1) is 17.7 Å². The maximum absolute atomic E-state index is 13.1. The third kappa shape index (κ3) is 3.81. The van der Waals surface area contributed by atoms with E-state index in [1.54, 1.807) is 12.1 Å². The fourth-order valence-corrected chi connectivity index (χ4v) is 2.98. The topological polar surface area (TPSA) is 26.0 Å². The van der Waals surface area contributed by atoms with Crippen LogP contribution in [-0.4, -0.2) is 6.54 Å². The van der Waals surface area contributed by atoms with Gasteiger partial charge in [-0.3, -0.25) is 0 Å². The third-order valence-corrected chi connectivity index (χ3v) is 3.89. The van der Waals surface area contributed by atoms with Gasteiger partial charge in [-0.2, -0.15) is 0 Å². The van der Waals surface area contributed by atoms with Crippen molar-refractivity contribution in [3.8, 4) is 0 Å². The van der Waals surface area contributed by atoms with E-state index in [9.17, 15) is 4.39 Å². The Morgan fingerprint density at radius 3 is 2.71 bits per heavy atom. The van der Waals surface area contributed by atoms with Crippen LogP contribution in [0.3, 0.4) is 0 Å². The summed E-state index contributed by atoms with van der Waals surface area (Å²) in [5, 5.41) is 0. The molecular weight excluding hydrogens is 213 g/mol. The van der Waals surface area contributed by atoms with Gasteiger partial charge in [0.05, 0.1) is 0 Å². The van der Waals surface area contributed by atoms with E-state index in [1.165, 1.54) is 38.2 Å². The second-order valence-corrected chi connectivity index (χ2v) is 5.32. The summed E-state index contributed by atoms with van der Waals surface area (Å²) in [7, 11) is 0. The molecule has 0 aliphatic heterocycles. The zero-order valence-electron chi connectivity index (χ0n) is 10.4. The fraction of sp³-hybridized carbons (Fsp3) is 0.600. The monoisotopic (exact) mass is 235 g/mol. The minimum atomic E-state index is -0.140. The van der Waals surface area contributed by atoms with E-state index in [-0.39, 0.29) is 5.82 Å². The molecule has 2 rings (SSSR count). The van der Waals surface area contributed by atoms with Gasteiger partial charge in [-0.25, -0.2) is 4.39 Å². The average molecular weight is 235 g/mol. The Bertz CT molecular complexity index is 345. The summed E-state index contributed by atoms with van der Waals surface area (Å²) in [6.45, 7) is 0.715. The molecule has 0 heterocycles. The standard InChI is InChI=1S/C15H22FN/c16-15-7-3-6-13(10-15)9-14(11-17)8-12-4-1-2-5-12/h3,6-7,10,12,14H,1-2,4-5,8-9,11,17H2. The number of rotatable bonds is 5. The highest BCUT2D eigenvalue weighted by atomic mass is 19.1. The van der Waals surface area contributed by atoms with Gasteiger partial charge in [0, 0.05) is 0 Å². The lowest BCUT2D eigenvalue weighted by atomic mass is 9.88. The number of halogens is 1. The number of nitrogens with two attached hydrogens (primary N) is 1. The normalized spacial score (nSPS) is 18.5. The molecule has 1 saturated carbocycles. The van der Waals surface area contributed by atoms with Crippen LogP contribution in [0.2, 0.25) is 0 Å². The molecule has 1 nitrogen and oxygen atoms in total. The maximum atomic E-state index is 13.1. The van der Waals surface area contributed by atoms with Gasteiger partial charge in [0.25, 0.3) is 0 Å². The Morgan fingerprint density at radius 1 is 1.29 bits per heavy atom. The molecule has 1 aromatic rings. The Kier molecular flexibility index (Phi) is 4.55. The number of hydrogen-bond donors (Lipinski definition) is 1. The molecule has 1 fully saturated rings. The third-order valence-electron chi connectivity index (χ3n) is 3.89. The van der Waals surface area contributed by atoms with E-state index < -0.39 is 0 Å². The fourth-order valence-electron chi connectivity index (χ4n) is 2.98. The Morgan fingerprint density at radius 2 is 2.06 bits per heavy atom. The molecule has 0 amide bonds. The highest BCUT2D eigenvalue weighted by Crippen LogP contribution is 2.31. The van der Waals surface area contributed by atoms with Crippen molar-refractivity contribution < 1.29 is 4.39 Å². The highest BCUT2D eigenvalue weighted by molar-refractivity contribution is 5.16. The lowest BCUT2D eigenvalue weighted by Gasteiger charge is -2.19. The average Bonchev–Trinajstić information content (AvgIpc) is 2.81. The molecule has 1 unspecified atom stereocenters. The molecule has 0 spiro atoms. The first-order valence-electron chi connectivity index (χ1n) is 6.72. The quantitative estimate of drug-likeness (QED) is 0.830. The van der Waals surface area contributed by atoms with Gasteiger partial charge in [-0.15, -0.1) is 0 Å². The van der Waals surface area contributed by atoms with Crippen molar-refractivity contribution in [1.82, 2.24) is 0 Å². The summed E-state index contributed by atoms with van der Waals surface area (Å²) >= 11 is 0. The zero-order valence-corrected chi connectivity index (χ0v) is 10.4. The van der Waals surface area contributed by atoms with Gasteiger partial charge in [-0.05, 0) is 48.9 Å². The van der Waals surface area contributed by atoms with E-state index in [2.05, 4.69) is 0 Å². The summed E-state index contributed by atoms with van der Waals surface area (Å²) in [5.41, 5.74) is 6.92. The van der Waals surface area contributed by atoms with Gasteiger partial charge in [0.1, 0.15) is 5.82 Å². The molecule has 0 radical (unpaired) electrons. The van der Waals surface area contributed by atoms with Crippen LogP contribution in [0.5, 0.6) is 0 Å². The van der Waals surface area contributed by atoms with E-state index in [4.69, 9.17) is 5.73 Å². The molecule has 2 N–H and O–H groups in total. The van der Waals surface area contributed by atoms with Crippen molar-refractivity contribution in [2.75, 3.05) is 6.54 Å². The van der Waals surface area contributed by atoms with Gasteiger partial charge >= 0.3 is 0 Å². The first-order chi connectivity index (χ1) is 8.28. The first-order valence-corrected chi connectivity index (χ1v) is 6.72. The van der Waals surface area contributed by atoms with Crippen LogP contribution in [0.25, 0.3) is 0 Å². The Labute approximate surface area is 103 Å². The van der Waals surface area contributed by atoms with Crippen molar-refractivity contribution in [3.63, 3.8) is 0 Å².